The van der Waals surface area contributed by atoms with Crippen molar-refractivity contribution in [2.45, 2.75) is 51.0 Å². The molecule has 1 saturated carbocycles. The topological polar surface area (TPSA) is 73.7 Å². The molecule has 2 amide bonds. The minimum Gasteiger partial charge on any atom is -0.333 e. The van der Waals surface area contributed by atoms with Gasteiger partial charge in [-0.1, -0.05) is 37.8 Å². The molecule has 0 spiro atoms. The average molecular weight is 402 g/mol. The van der Waals surface area contributed by atoms with Crippen molar-refractivity contribution in [3.8, 4) is 0 Å². The van der Waals surface area contributed by atoms with Gasteiger partial charge in [-0.25, -0.2) is 10.0 Å². The molecule has 2 atom stereocenters. The van der Waals surface area contributed by atoms with Crippen LogP contribution in [0.5, 0.6) is 0 Å². The van der Waals surface area contributed by atoms with E-state index in [0.717, 1.165) is 47.3 Å². The van der Waals surface area contributed by atoms with Gasteiger partial charge in [0.05, 0.1) is 28.7 Å². The van der Waals surface area contributed by atoms with Crippen LogP contribution in [0.25, 0.3) is 10.2 Å². The summed E-state index contributed by atoms with van der Waals surface area (Å²) >= 11 is 1.66. The van der Waals surface area contributed by atoms with Crippen molar-refractivity contribution in [1.82, 2.24) is 14.9 Å². The van der Waals surface area contributed by atoms with E-state index >= 15 is 0 Å². The van der Waals surface area contributed by atoms with Crippen LogP contribution >= 0.6 is 11.3 Å². The highest BCUT2D eigenvalue weighted by atomic mass is 32.1. The molecule has 0 bridgehead atoms. The summed E-state index contributed by atoms with van der Waals surface area (Å²) in [6.07, 6.45) is 7.70. The van der Waals surface area contributed by atoms with Gasteiger partial charge in [0.1, 0.15) is 5.01 Å². The summed E-state index contributed by atoms with van der Waals surface area (Å²) in [5.41, 5.74) is 0.979. The highest BCUT2D eigenvalue weighted by molar-refractivity contribution is 7.18. The first kappa shape index (κ1) is 19.3. The van der Waals surface area contributed by atoms with E-state index in [2.05, 4.69) is 6.07 Å². The first-order valence-electron chi connectivity index (χ1n) is 10.2. The molecule has 1 saturated heterocycles. The van der Waals surface area contributed by atoms with Gasteiger partial charge in [0.25, 0.3) is 0 Å². The van der Waals surface area contributed by atoms with Crippen molar-refractivity contribution in [2.24, 2.45) is 11.8 Å². The van der Waals surface area contributed by atoms with E-state index in [-0.39, 0.29) is 24.4 Å². The van der Waals surface area contributed by atoms with E-state index in [4.69, 9.17) is 4.98 Å². The van der Waals surface area contributed by atoms with Crippen molar-refractivity contribution in [1.29, 1.82) is 0 Å². The fraction of sp³-hybridized carbons (Fsp3) is 0.571. The molecule has 2 fully saturated rings. The molecule has 0 unspecified atom stereocenters. The summed E-state index contributed by atoms with van der Waals surface area (Å²) < 4.78 is 1.14. The van der Waals surface area contributed by atoms with Crippen LogP contribution in [0.15, 0.2) is 24.3 Å². The number of amides is 2. The first-order valence-corrected chi connectivity index (χ1v) is 11.0. The van der Waals surface area contributed by atoms with Crippen molar-refractivity contribution < 1.29 is 14.8 Å². The number of likely N-dealkylation sites (tertiary alicyclic amines) is 1. The standard InChI is InChI=1S/C21H27N3O3S/c25-14-23(27)13-16(12-15-6-1-2-7-15)21(26)24-11-5-9-18(24)20-22-17-8-3-4-10-19(17)28-20/h3-4,8,10,14-16,18,27H,1-2,5-7,9,11-13H2/t16-,18-/m1/s1. The highest BCUT2D eigenvalue weighted by Gasteiger charge is 2.37. The van der Waals surface area contributed by atoms with Gasteiger partial charge in [0, 0.05) is 6.54 Å². The molecule has 0 radical (unpaired) electrons. The number of hydrogen-bond donors (Lipinski definition) is 1. The summed E-state index contributed by atoms with van der Waals surface area (Å²) in [5.74, 6) is 0.209. The van der Waals surface area contributed by atoms with Crippen molar-refractivity contribution in [2.75, 3.05) is 13.1 Å². The molecule has 1 aliphatic carbocycles. The van der Waals surface area contributed by atoms with Gasteiger partial charge >= 0.3 is 0 Å². The van der Waals surface area contributed by atoms with Gasteiger partial charge in [-0.3, -0.25) is 14.8 Å². The molecular formula is C21H27N3O3S. The lowest BCUT2D eigenvalue weighted by atomic mass is 9.91. The van der Waals surface area contributed by atoms with Crippen LogP contribution in [-0.4, -0.2) is 45.6 Å². The van der Waals surface area contributed by atoms with Crippen LogP contribution in [-0.2, 0) is 9.59 Å². The van der Waals surface area contributed by atoms with Crippen molar-refractivity contribution in [3.05, 3.63) is 29.3 Å². The number of benzene rings is 1. The average Bonchev–Trinajstić information content (AvgIpc) is 3.45. The quantitative estimate of drug-likeness (QED) is 0.432. The zero-order chi connectivity index (χ0) is 19.5. The van der Waals surface area contributed by atoms with Crippen LogP contribution in [0.1, 0.15) is 56.0 Å². The number of carbonyl (C=O) groups is 2. The Bertz CT molecular complexity index is 800. The largest absolute Gasteiger partial charge is 0.333 e. The summed E-state index contributed by atoms with van der Waals surface area (Å²) in [6, 6.07) is 8.06. The SMILES string of the molecule is O=CN(O)C[C@@H](CC1CCCC1)C(=O)N1CCC[C@@H]1c1nc2ccccc2s1. The molecule has 150 valence electrons. The number of fused-ring (bicyclic) bond motifs is 1. The minimum absolute atomic E-state index is 0.000600. The number of aromatic nitrogens is 1. The predicted octanol–water partition coefficient (Wildman–Crippen LogP) is 4.00. The summed E-state index contributed by atoms with van der Waals surface area (Å²) in [6.45, 7) is 0.787. The zero-order valence-electron chi connectivity index (χ0n) is 16.0. The van der Waals surface area contributed by atoms with Crippen LogP contribution in [0.2, 0.25) is 0 Å². The van der Waals surface area contributed by atoms with E-state index in [1.807, 2.05) is 23.1 Å². The van der Waals surface area contributed by atoms with E-state index in [1.165, 1.54) is 12.8 Å². The second kappa shape index (κ2) is 8.57. The maximum Gasteiger partial charge on any atom is 0.233 e. The molecule has 2 heterocycles. The molecule has 1 aromatic carbocycles. The molecule has 28 heavy (non-hydrogen) atoms. The number of carbonyl (C=O) groups excluding carboxylic acids is 2. The fourth-order valence-corrected chi connectivity index (χ4v) is 5.84. The van der Waals surface area contributed by atoms with E-state index in [1.54, 1.807) is 11.3 Å². The molecule has 1 aliphatic heterocycles. The summed E-state index contributed by atoms with van der Waals surface area (Å²) in [4.78, 5) is 31.1. The third-order valence-corrected chi connectivity index (χ3v) is 7.24. The number of rotatable bonds is 7. The highest BCUT2D eigenvalue weighted by Crippen LogP contribution is 2.38. The van der Waals surface area contributed by atoms with Gasteiger partial charge in [-0.2, -0.15) is 0 Å². The Labute approximate surface area is 169 Å². The third kappa shape index (κ3) is 4.05. The molecule has 4 rings (SSSR count). The number of thiazole rings is 1. The molecule has 1 aromatic heterocycles. The van der Waals surface area contributed by atoms with Gasteiger partial charge in [0.15, 0.2) is 0 Å². The monoisotopic (exact) mass is 401 g/mol. The number of hydrogen-bond acceptors (Lipinski definition) is 5. The maximum atomic E-state index is 13.4. The van der Waals surface area contributed by atoms with Gasteiger partial charge in [-0.15, -0.1) is 11.3 Å². The predicted molar refractivity (Wildman–Crippen MR) is 108 cm³/mol. The lowest BCUT2D eigenvalue weighted by Crippen LogP contribution is -2.41. The molecule has 7 heteroatoms. The normalized spacial score (nSPS) is 21.3. The lowest BCUT2D eigenvalue weighted by molar-refractivity contribution is -0.157. The maximum absolute atomic E-state index is 13.4. The minimum atomic E-state index is -0.353. The Balaban J connectivity index is 1.54. The Morgan fingerprint density at radius 1 is 1.29 bits per heavy atom. The number of hydroxylamine groups is 2. The fourth-order valence-electron chi connectivity index (χ4n) is 4.73. The van der Waals surface area contributed by atoms with E-state index in [9.17, 15) is 14.8 Å². The Morgan fingerprint density at radius 3 is 2.82 bits per heavy atom. The first-order chi connectivity index (χ1) is 13.7. The van der Waals surface area contributed by atoms with Crippen LogP contribution in [0, 0.1) is 11.8 Å². The second-order valence-electron chi connectivity index (χ2n) is 8.02. The van der Waals surface area contributed by atoms with Crippen molar-refractivity contribution in [3.63, 3.8) is 0 Å². The Hall–Kier alpha value is -1.99. The Morgan fingerprint density at radius 2 is 2.07 bits per heavy atom. The van der Waals surface area contributed by atoms with E-state index in [0.29, 0.717) is 23.9 Å². The molecular weight excluding hydrogens is 374 g/mol. The lowest BCUT2D eigenvalue weighted by Gasteiger charge is -2.30. The van der Waals surface area contributed by atoms with Gasteiger partial charge < -0.3 is 4.90 Å². The van der Waals surface area contributed by atoms with Crippen LogP contribution in [0.4, 0.5) is 0 Å². The molecule has 1 N–H and O–H groups in total. The number of nitrogens with zero attached hydrogens (tertiary/aromatic N) is 3. The Kier molecular flexibility index (Phi) is 5.92. The zero-order valence-corrected chi connectivity index (χ0v) is 16.8. The summed E-state index contributed by atoms with van der Waals surface area (Å²) in [7, 11) is 0. The molecule has 2 aliphatic rings. The van der Waals surface area contributed by atoms with Crippen LogP contribution < -0.4 is 0 Å². The molecule has 2 aromatic rings. The van der Waals surface area contributed by atoms with Crippen LogP contribution in [0.3, 0.4) is 0 Å². The summed E-state index contributed by atoms with van der Waals surface area (Å²) in [5, 5.41) is 11.4. The van der Waals surface area contributed by atoms with Gasteiger partial charge in [-0.05, 0) is 37.3 Å². The van der Waals surface area contributed by atoms with E-state index < -0.39 is 0 Å². The van der Waals surface area contributed by atoms with Crippen molar-refractivity contribution >= 4 is 33.9 Å². The molecule has 6 nitrogen and oxygen atoms in total. The second-order valence-corrected chi connectivity index (χ2v) is 9.08. The third-order valence-electron chi connectivity index (χ3n) is 6.10. The smallest absolute Gasteiger partial charge is 0.233 e. The number of para-hydroxylation sites is 1. The van der Waals surface area contributed by atoms with Gasteiger partial charge in [0.2, 0.25) is 12.3 Å².